The Bertz CT molecular complexity index is 304. The lowest BCUT2D eigenvalue weighted by molar-refractivity contribution is 0.184. The fourth-order valence-corrected chi connectivity index (χ4v) is 1.65. The lowest BCUT2D eigenvalue weighted by Crippen LogP contribution is -2.27. The van der Waals surface area contributed by atoms with E-state index in [0.29, 0.717) is 13.0 Å². The van der Waals surface area contributed by atoms with Gasteiger partial charge in [-0.1, -0.05) is 11.6 Å². The first-order valence-corrected chi connectivity index (χ1v) is 4.34. The maximum absolute atomic E-state index is 9.34. The lowest BCUT2D eigenvalue weighted by Gasteiger charge is -2.22. The summed E-state index contributed by atoms with van der Waals surface area (Å²) in [5.74, 6) is 0. The third-order valence-corrected chi connectivity index (χ3v) is 2.29. The minimum absolute atomic E-state index is 0. The van der Waals surface area contributed by atoms with E-state index in [4.69, 9.17) is 11.6 Å². The van der Waals surface area contributed by atoms with E-state index in [9.17, 15) is 5.11 Å². The SMILES string of the molecule is Cl.OC1CNc2ccc(Cl)cc2C1. The van der Waals surface area contributed by atoms with E-state index >= 15 is 0 Å². The van der Waals surface area contributed by atoms with E-state index in [-0.39, 0.29) is 18.5 Å². The molecular formula is C9H11Cl2NO. The summed E-state index contributed by atoms with van der Waals surface area (Å²) in [4.78, 5) is 0. The van der Waals surface area contributed by atoms with Gasteiger partial charge in [0.05, 0.1) is 6.10 Å². The quantitative estimate of drug-likeness (QED) is 0.701. The number of rotatable bonds is 0. The van der Waals surface area contributed by atoms with Crippen LogP contribution in [0.25, 0.3) is 0 Å². The van der Waals surface area contributed by atoms with E-state index in [1.165, 1.54) is 0 Å². The fourth-order valence-electron chi connectivity index (χ4n) is 1.46. The fraction of sp³-hybridized carbons (Fsp3) is 0.333. The minimum Gasteiger partial charge on any atom is -0.391 e. The summed E-state index contributed by atoms with van der Waals surface area (Å²) in [6.45, 7) is 0.634. The van der Waals surface area contributed by atoms with Gasteiger partial charge in [0.1, 0.15) is 0 Å². The van der Waals surface area contributed by atoms with Gasteiger partial charge in [-0.15, -0.1) is 12.4 Å². The molecule has 0 aromatic heterocycles. The highest BCUT2D eigenvalue weighted by atomic mass is 35.5. The predicted octanol–water partition coefficient (Wildman–Crippen LogP) is 2.09. The monoisotopic (exact) mass is 219 g/mol. The first-order valence-electron chi connectivity index (χ1n) is 3.96. The summed E-state index contributed by atoms with van der Waals surface area (Å²) in [6, 6.07) is 5.70. The van der Waals surface area contributed by atoms with Gasteiger partial charge in [-0.05, 0) is 23.8 Å². The van der Waals surface area contributed by atoms with Crippen LogP contribution in [0.2, 0.25) is 5.02 Å². The van der Waals surface area contributed by atoms with E-state index in [2.05, 4.69) is 5.32 Å². The van der Waals surface area contributed by atoms with Crippen LogP contribution in [0, 0.1) is 0 Å². The second kappa shape index (κ2) is 4.18. The molecule has 4 heteroatoms. The number of nitrogens with one attached hydrogen (secondary N) is 1. The average molecular weight is 220 g/mol. The Morgan fingerprint density at radius 2 is 2.23 bits per heavy atom. The maximum atomic E-state index is 9.34. The van der Waals surface area contributed by atoms with E-state index in [0.717, 1.165) is 16.3 Å². The van der Waals surface area contributed by atoms with Crippen LogP contribution < -0.4 is 5.32 Å². The number of hydrogen-bond donors (Lipinski definition) is 2. The second-order valence-corrected chi connectivity index (χ2v) is 3.48. The molecule has 1 aliphatic rings. The van der Waals surface area contributed by atoms with E-state index in [1.807, 2.05) is 18.2 Å². The Labute approximate surface area is 88.3 Å². The Morgan fingerprint density at radius 3 is 3.00 bits per heavy atom. The number of benzene rings is 1. The normalized spacial score (nSPS) is 19.7. The zero-order valence-corrected chi connectivity index (χ0v) is 8.53. The molecule has 2 rings (SSSR count). The van der Waals surface area contributed by atoms with Crippen molar-refractivity contribution in [1.82, 2.24) is 0 Å². The summed E-state index contributed by atoms with van der Waals surface area (Å²) in [6.07, 6.45) is 0.416. The number of fused-ring (bicyclic) bond motifs is 1. The van der Waals surface area contributed by atoms with Crippen LogP contribution >= 0.6 is 24.0 Å². The number of aliphatic hydroxyl groups excluding tert-OH is 1. The van der Waals surface area contributed by atoms with Crippen molar-refractivity contribution in [3.05, 3.63) is 28.8 Å². The first-order chi connectivity index (χ1) is 5.75. The Kier molecular flexibility index (Phi) is 3.42. The highest BCUT2D eigenvalue weighted by Crippen LogP contribution is 2.24. The van der Waals surface area contributed by atoms with Crippen LogP contribution in [-0.2, 0) is 6.42 Å². The molecule has 72 valence electrons. The van der Waals surface area contributed by atoms with Gasteiger partial charge in [-0.2, -0.15) is 0 Å². The molecule has 1 aromatic rings. The molecule has 0 bridgehead atoms. The van der Waals surface area contributed by atoms with Crippen molar-refractivity contribution in [3.63, 3.8) is 0 Å². The van der Waals surface area contributed by atoms with Crippen molar-refractivity contribution in [3.8, 4) is 0 Å². The van der Waals surface area contributed by atoms with E-state index in [1.54, 1.807) is 0 Å². The average Bonchev–Trinajstić information content (AvgIpc) is 2.03. The molecule has 2 N–H and O–H groups in total. The maximum Gasteiger partial charge on any atom is 0.0753 e. The summed E-state index contributed by atoms with van der Waals surface area (Å²) in [5.41, 5.74) is 2.19. The molecule has 0 fully saturated rings. The summed E-state index contributed by atoms with van der Waals surface area (Å²) < 4.78 is 0. The molecule has 13 heavy (non-hydrogen) atoms. The van der Waals surface area contributed by atoms with Crippen LogP contribution in [-0.4, -0.2) is 17.8 Å². The summed E-state index contributed by atoms with van der Waals surface area (Å²) in [5, 5.41) is 13.2. The number of anilines is 1. The zero-order valence-electron chi connectivity index (χ0n) is 6.96. The summed E-state index contributed by atoms with van der Waals surface area (Å²) >= 11 is 5.81. The molecular weight excluding hydrogens is 209 g/mol. The Morgan fingerprint density at radius 1 is 1.46 bits per heavy atom. The Balaban J connectivity index is 0.000000845. The van der Waals surface area contributed by atoms with Crippen molar-refractivity contribution in [2.24, 2.45) is 0 Å². The molecule has 1 aromatic carbocycles. The summed E-state index contributed by atoms with van der Waals surface area (Å²) in [7, 11) is 0. The topological polar surface area (TPSA) is 32.3 Å². The molecule has 0 radical (unpaired) electrons. The van der Waals surface area contributed by atoms with Crippen LogP contribution in [0.15, 0.2) is 18.2 Å². The highest BCUT2D eigenvalue weighted by molar-refractivity contribution is 6.30. The standard InChI is InChI=1S/C9H10ClNO.ClH/c10-7-1-2-9-6(3-7)4-8(12)5-11-9;/h1-3,8,11-12H,4-5H2;1H. The van der Waals surface area contributed by atoms with Crippen molar-refractivity contribution in [2.75, 3.05) is 11.9 Å². The predicted molar refractivity (Wildman–Crippen MR) is 56.9 cm³/mol. The van der Waals surface area contributed by atoms with Crippen molar-refractivity contribution < 1.29 is 5.11 Å². The molecule has 1 atom stereocenters. The number of hydrogen-bond acceptors (Lipinski definition) is 2. The zero-order chi connectivity index (χ0) is 8.55. The largest absolute Gasteiger partial charge is 0.391 e. The third kappa shape index (κ3) is 2.27. The number of halogens is 2. The van der Waals surface area contributed by atoms with Crippen LogP contribution in [0.5, 0.6) is 0 Å². The van der Waals surface area contributed by atoms with Gasteiger partial charge in [0, 0.05) is 23.7 Å². The number of β-amino-alcohol motifs (C(OH)–C–C–N with tert-alkyl or cyclic N) is 1. The minimum atomic E-state index is -0.282. The van der Waals surface area contributed by atoms with Gasteiger partial charge in [-0.3, -0.25) is 0 Å². The Hall–Kier alpha value is -0.440. The molecule has 1 unspecified atom stereocenters. The molecule has 0 spiro atoms. The van der Waals surface area contributed by atoms with Crippen molar-refractivity contribution in [2.45, 2.75) is 12.5 Å². The molecule has 1 aliphatic heterocycles. The molecule has 0 saturated heterocycles. The molecule has 0 aliphatic carbocycles. The first kappa shape index (κ1) is 10.6. The van der Waals surface area contributed by atoms with Gasteiger partial charge in [-0.25, -0.2) is 0 Å². The highest BCUT2D eigenvalue weighted by Gasteiger charge is 2.15. The van der Waals surface area contributed by atoms with Gasteiger partial charge >= 0.3 is 0 Å². The van der Waals surface area contributed by atoms with Gasteiger partial charge in [0.2, 0.25) is 0 Å². The second-order valence-electron chi connectivity index (χ2n) is 3.04. The smallest absolute Gasteiger partial charge is 0.0753 e. The third-order valence-electron chi connectivity index (χ3n) is 2.05. The van der Waals surface area contributed by atoms with Gasteiger partial charge in [0.25, 0.3) is 0 Å². The van der Waals surface area contributed by atoms with Gasteiger partial charge in [0.15, 0.2) is 0 Å². The molecule has 0 saturated carbocycles. The van der Waals surface area contributed by atoms with Gasteiger partial charge < -0.3 is 10.4 Å². The van der Waals surface area contributed by atoms with Crippen molar-refractivity contribution >= 4 is 29.7 Å². The van der Waals surface area contributed by atoms with Crippen LogP contribution in [0.1, 0.15) is 5.56 Å². The lowest BCUT2D eigenvalue weighted by atomic mass is 10.0. The van der Waals surface area contributed by atoms with Crippen LogP contribution in [0.4, 0.5) is 5.69 Å². The molecule has 1 heterocycles. The molecule has 2 nitrogen and oxygen atoms in total. The molecule has 0 amide bonds. The van der Waals surface area contributed by atoms with E-state index < -0.39 is 0 Å². The van der Waals surface area contributed by atoms with Crippen molar-refractivity contribution in [1.29, 1.82) is 0 Å². The number of aliphatic hydroxyl groups is 1. The van der Waals surface area contributed by atoms with Crippen LogP contribution in [0.3, 0.4) is 0 Å².